The molecule has 2 aromatic rings. The van der Waals surface area contributed by atoms with Crippen LogP contribution in [-0.4, -0.2) is 6.04 Å². The molecule has 4 heteroatoms. The first-order valence-corrected chi connectivity index (χ1v) is 7.89. The van der Waals surface area contributed by atoms with Gasteiger partial charge in [-0.05, 0) is 49.6 Å². The standard InChI is InChI=1S/C17H17F2NS/c1-11-2-7-17(12(8-11)10-20-13-3-4-13)21-14-5-6-15(18)16(19)9-14/h2,5-9,13,20H,3-4,10H2,1H3. The normalized spacial score (nSPS) is 14.4. The fourth-order valence-electron chi connectivity index (χ4n) is 2.16. The van der Waals surface area contributed by atoms with E-state index in [0.717, 1.165) is 11.4 Å². The Balaban J connectivity index is 1.80. The molecule has 0 atom stereocenters. The summed E-state index contributed by atoms with van der Waals surface area (Å²) in [6.07, 6.45) is 2.49. The Hall–Kier alpha value is -1.39. The summed E-state index contributed by atoms with van der Waals surface area (Å²) >= 11 is 1.47. The van der Waals surface area contributed by atoms with Crippen molar-refractivity contribution in [3.8, 4) is 0 Å². The summed E-state index contributed by atoms with van der Waals surface area (Å²) in [5, 5.41) is 3.50. The molecule has 0 aliphatic heterocycles. The number of rotatable bonds is 5. The van der Waals surface area contributed by atoms with Gasteiger partial charge in [-0.3, -0.25) is 0 Å². The number of hydrogen-bond acceptors (Lipinski definition) is 2. The van der Waals surface area contributed by atoms with Gasteiger partial charge in [0, 0.05) is 22.4 Å². The summed E-state index contributed by atoms with van der Waals surface area (Å²) in [4.78, 5) is 1.80. The molecule has 1 aliphatic carbocycles. The molecule has 2 aromatic carbocycles. The highest BCUT2D eigenvalue weighted by Crippen LogP contribution is 2.32. The maximum atomic E-state index is 13.3. The molecule has 1 nitrogen and oxygen atoms in total. The quantitative estimate of drug-likeness (QED) is 0.861. The Bertz CT molecular complexity index is 653. The van der Waals surface area contributed by atoms with Gasteiger partial charge in [0.2, 0.25) is 0 Å². The molecule has 0 unspecified atom stereocenters. The Kier molecular flexibility index (Phi) is 4.27. The van der Waals surface area contributed by atoms with Gasteiger partial charge >= 0.3 is 0 Å². The lowest BCUT2D eigenvalue weighted by molar-refractivity contribution is 0.506. The van der Waals surface area contributed by atoms with E-state index in [4.69, 9.17) is 0 Å². The highest BCUT2D eigenvalue weighted by molar-refractivity contribution is 7.99. The molecular formula is C17H17F2NS. The van der Waals surface area contributed by atoms with Gasteiger partial charge in [-0.15, -0.1) is 0 Å². The van der Waals surface area contributed by atoms with E-state index in [0.29, 0.717) is 10.9 Å². The second kappa shape index (κ2) is 6.16. The Morgan fingerprint density at radius 2 is 1.90 bits per heavy atom. The molecular weight excluding hydrogens is 288 g/mol. The Morgan fingerprint density at radius 1 is 1.10 bits per heavy atom. The monoisotopic (exact) mass is 305 g/mol. The van der Waals surface area contributed by atoms with Gasteiger partial charge < -0.3 is 5.32 Å². The van der Waals surface area contributed by atoms with Gasteiger partial charge in [-0.1, -0.05) is 29.5 Å². The molecule has 0 heterocycles. The van der Waals surface area contributed by atoms with Gasteiger partial charge in [-0.25, -0.2) is 8.78 Å². The first-order chi connectivity index (χ1) is 10.1. The molecule has 0 spiro atoms. The maximum absolute atomic E-state index is 13.3. The molecule has 0 bridgehead atoms. The van der Waals surface area contributed by atoms with Crippen molar-refractivity contribution in [1.29, 1.82) is 0 Å². The van der Waals surface area contributed by atoms with E-state index in [2.05, 4.69) is 18.3 Å². The fraction of sp³-hybridized carbons (Fsp3) is 0.294. The number of nitrogens with one attached hydrogen (secondary N) is 1. The number of benzene rings is 2. The zero-order valence-electron chi connectivity index (χ0n) is 11.8. The van der Waals surface area contributed by atoms with E-state index in [1.165, 1.54) is 47.9 Å². The highest BCUT2D eigenvalue weighted by Gasteiger charge is 2.20. The van der Waals surface area contributed by atoms with E-state index in [1.54, 1.807) is 6.07 Å². The lowest BCUT2D eigenvalue weighted by Crippen LogP contribution is -2.15. The summed E-state index contributed by atoms with van der Waals surface area (Å²) < 4.78 is 26.3. The minimum absolute atomic E-state index is 0.645. The van der Waals surface area contributed by atoms with Crippen molar-refractivity contribution in [2.24, 2.45) is 0 Å². The molecule has 110 valence electrons. The van der Waals surface area contributed by atoms with Crippen LogP contribution in [0, 0.1) is 18.6 Å². The smallest absolute Gasteiger partial charge is 0.159 e. The number of halogens is 2. The molecule has 0 radical (unpaired) electrons. The molecule has 3 rings (SSSR count). The Morgan fingerprint density at radius 3 is 2.62 bits per heavy atom. The topological polar surface area (TPSA) is 12.0 Å². The second-order valence-electron chi connectivity index (χ2n) is 5.44. The third-order valence-electron chi connectivity index (χ3n) is 3.49. The van der Waals surface area contributed by atoms with E-state index >= 15 is 0 Å². The van der Waals surface area contributed by atoms with Crippen molar-refractivity contribution in [3.63, 3.8) is 0 Å². The Labute approximate surface area is 127 Å². The predicted molar refractivity (Wildman–Crippen MR) is 81.5 cm³/mol. The van der Waals surface area contributed by atoms with Crippen molar-refractivity contribution in [2.75, 3.05) is 0 Å². The zero-order valence-corrected chi connectivity index (χ0v) is 12.6. The highest BCUT2D eigenvalue weighted by atomic mass is 32.2. The molecule has 1 fully saturated rings. The van der Waals surface area contributed by atoms with E-state index < -0.39 is 11.6 Å². The predicted octanol–water partition coefficient (Wildman–Crippen LogP) is 4.68. The van der Waals surface area contributed by atoms with Crippen molar-refractivity contribution in [2.45, 2.75) is 42.1 Å². The van der Waals surface area contributed by atoms with Crippen molar-refractivity contribution >= 4 is 11.8 Å². The molecule has 0 amide bonds. The lowest BCUT2D eigenvalue weighted by atomic mass is 10.1. The summed E-state index contributed by atoms with van der Waals surface area (Å²) in [6, 6.07) is 10.9. The molecule has 0 aromatic heterocycles. The van der Waals surface area contributed by atoms with Crippen LogP contribution in [0.4, 0.5) is 8.78 Å². The lowest BCUT2D eigenvalue weighted by Gasteiger charge is -2.11. The average Bonchev–Trinajstić information content (AvgIpc) is 3.27. The van der Waals surface area contributed by atoms with E-state index in [-0.39, 0.29) is 0 Å². The van der Waals surface area contributed by atoms with Crippen LogP contribution in [0.1, 0.15) is 24.0 Å². The van der Waals surface area contributed by atoms with Gasteiger partial charge in [0.15, 0.2) is 11.6 Å². The van der Waals surface area contributed by atoms with Crippen LogP contribution in [-0.2, 0) is 6.54 Å². The van der Waals surface area contributed by atoms with Crippen LogP contribution in [0.3, 0.4) is 0 Å². The summed E-state index contributed by atoms with van der Waals surface area (Å²) in [6.45, 7) is 2.88. The van der Waals surface area contributed by atoms with Gasteiger partial charge in [0.05, 0.1) is 0 Å². The van der Waals surface area contributed by atoms with Gasteiger partial charge in [0.1, 0.15) is 0 Å². The van der Waals surface area contributed by atoms with E-state index in [1.807, 2.05) is 12.1 Å². The summed E-state index contributed by atoms with van der Waals surface area (Å²) in [7, 11) is 0. The van der Waals surface area contributed by atoms with Crippen LogP contribution in [0.15, 0.2) is 46.2 Å². The fourth-order valence-corrected chi connectivity index (χ4v) is 3.11. The minimum Gasteiger partial charge on any atom is -0.310 e. The van der Waals surface area contributed by atoms with Gasteiger partial charge in [-0.2, -0.15) is 0 Å². The number of aryl methyl sites for hydroxylation is 1. The molecule has 1 aliphatic rings. The molecule has 21 heavy (non-hydrogen) atoms. The van der Waals surface area contributed by atoms with Crippen LogP contribution in [0.2, 0.25) is 0 Å². The van der Waals surface area contributed by atoms with Crippen LogP contribution < -0.4 is 5.32 Å². The summed E-state index contributed by atoms with van der Waals surface area (Å²) in [5.74, 6) is -1.61. The maximum Gasteiger partial charge on any atom is 0.159 e. The summed E-state index contributed by atoms with van der Waals surface area (Å²) in [5.41, 5.74) is 2.41. The van der Waals surface area contributed by atoms with Gasteiger partial charge in [0.25, 0.3) is 0 Å². The molecule has 1 saturated carbocycles. The number of hydrogen-bond donors (Lipinski definition) is 1. The SMILES string of the molecule is Cc1ccc(Sc2ccc(F)c(F)c2)c(CNC2CC2)c1. The van der Waals surface area contributed by atoms with Crippen molar-refractivity contribution in [1.82, 2.24) is 5.32 Å². The van der Waals surface area contributed by atoms with E-state index in [9.17, 15) is 8.78 Å². The molecule has 1 N–H and O–H groups in total. The zero-order chi connectivity index (χ0) is 14.8. The average molecular weight is 305 g/mol. The third kappa shape index (κ3) is 3.83. The first-order valence-electron chi connectivity index (χ1n) is 7.07. The largest absolute Gasteiger partial charge is 0.310 e. The van der Waals surface area contributed by atoms with Crippen molar-refractivity contribution in [3.05, 3.63) is 59.2 Å². The first kappa shape index (κ1) is 14.5. The van der Waals surface area contributed by atoms with Crippen molar-refractivity contribution < 1.29 is 8.78 Å². The molecule has 0 saturated heterocycles. The minimum atomic E-state index is -0.807. The van der Waals surface area contributed by atoms with Crippen LogP contribution in [0.25, 0.3) is 0 Å². The second-order valence-corrected chi connectivity index (χ2v) is 6.56. The third-order valence-corrected chi connectivity index (χ3v) is 4.60. The van der Waals surface area contributed by atoms with Crippen LogP contribution in [0.5, 0.6) is 0 Å². The van der Waals surface area contributed by atoms with Crippen LogP contribution >= 0.6 is 11.8 Å².